The summed E-state index contributed by atoms with van der Waals surface area (Å²) in [5, 5.41) is 2.24. The highest BCUT2D eigenvalue weighted by atomic mass is 32.2. The lowest BCUT2D eigenvalue weighted by molar-refractivity contribution is 0.0943. The third-order valence-corrected chi connectivity index (χ3v) is 2.46. The molecule has 0 bridgehead atoms. The molecule has 1 aromatic rings. The molecule has 0 saturated heterocycles. The molecule has 0 spiro atoms. The minimum atomic E-state index is -3.58. The van der Waals surface area contributed by atoms with Gasteiger partial charge in [0.25, 0.3) is 16.0 Å². The largest absolute Gasteiger partial charge is 0.350 e. The summed E-state index contributed by atoms with van der Waals surface area (Å²) >= 11 is 0. The van der Waals surface area contributed by atoms with Crippen LogP contribution in [0.3, 0.4) is 0 Å². The molecule has 0 heterocycles. The number of carbonyl (C=O) groups excluding carboxylic acids is 1. The predicted molar refractivity (Wildman–Crippen MR) is 59.5 cm³/mol. The van der Waals surface area contributed by atoms with Crippen LogP contribution in [0.2, 0.25) is 0 Å². The topological polar surface area (TPSA) is 72.5 Å². The van der Waals surface area contributed by atoms with Gasteiger partial charge in [-0.1, -0.05) is 0 Å². The Morgan fingerprint density at radius 3 is 2.61 bits per heavy atom. The second-order valence-corrected chi connectivity index (χ2v) is 5.05. The highest BCUT2D eigenvalue weighted by Crippen LogP contribution is 2.08. The number of benzene rings is 1. The Bertz CT molecular complexity index is 545. The van der Waals surface area contributed by atoms with Gasteiger partial charge in [-0.25, -0.2) is 8.78 Å². The molecule has 8 heteroatoms. The summed E-state index contributed by atoms with van der Waals surface area (Å²) in [6, 6.07) is 2.53. The van der Waals surface area contributed by atoms with Crippen molar-refractivity contribution in [1.29, 1.82) is 0 Å². The first-order valence-corrected chi connectivity index (χ1v) is 6.69. The van der Waals surface area contributed by atoms with E-state index < -0.39 is 27.7 Å². The van der Waals surface area contributed by atoms with Gasteiger partial charge >= 0.3 is 0 Å². The fraction of sp³-hybridized carbons (Fsp3) is 0.300. The van der Waals surface area contributed by atoms with E-state index in [1.165, 1.54) is 0 Å². The Morgan fingerprint density at radius 1 is 1.39 bits per heavy atom. The average molecular weight is 279 g/mol. The average Bonchev–Trinajstić information content (AvgIpc) is 2.22. The van der Waals surface area contributed by atoms with Gasteiger partial charge in [0.2, 0.25) is 0 Å². The second kappa shape index (κ2) is 5.87. The van der Waals surface area contributed by atoms with Crippen LogP contribution in [-0.4, -0.2) is 33.7 Å². The third-order valence-electron chi connectivity index (χ3n) is 1.86. The molecule has 0 saturated carbocycles. The van der Waals surface area contributed by atoms with Crippen molar-refractivity contribution in [2.24, 2.45) is 0 Å². The lowest BCUT2D eigenvalue weighted by Crippen LogP contribution is -2.28. The summed E-state index contributed by atoms with van der Waals surface area (Å²) < 4.78 is 51.3. The quantitative estimate of drug-likeness (QED) is 0.635. The van der Waals surface area contributed by atoms with Gasteiger partial charge in [-0.05, 0) is 12.1 Å². The second-order valence-electron chi connectivity index (χ2n) is 3.41. The van der Waals surface area contributed by atoms with Gasteiger partial charge in [0.1, 0.15) is 11.6 Å². The van der Waals surface area contributed by atoms with Crippen molar-refractivity contribution in [2.45, 2.75) is 0 Å². The van der Waals surface area contributed by atoms with Crippen LogP contribution in [0.25, 0.3) is 0 Å². The zero-order valence-corrected chi connectivity index (χ0v) is 10.3. The minimum absolute atomic E-state index is 0.108. The van der Waals surface area contributed by atoms with E-state index in [0.717, 1.165) is 18.4 Å². The molecule has 0 aliphatic rings. The minimum Gasteiger partial charge on any atom is -0.350 e. The van der Waals surface area contributed by atoms with Crippen molar-refractivity contribution in [3.63, 3.8) is 0 Å². The molecule has 18 heavy (non-hydrogen) atoms. The zero-order valence-electron chi connectivity index (χ0n) is 9.44. The van der Waals surface area contributed by atoms with Crippen LogP contribution in [0.1, 0.15) is 10.4 Å². The van der Waals surface area contributed by atoms with Gasteiger partial charge in [-0.2, -0.15) is 8.42 Å². The summed E-state index contributed by atoms with van der Waals surface area (Å²) in [6.45, 7) is -0.365. The van der Waals surface area contributed by atoms with Crippen molar-refractivity contribution >= 4 is 16.0 Å². The van der Waals surface area contributed by atoms with Crippen LogP contribution in [0, 0.1) is 11.6 Å². The molecule has 0 aliphatic carbocycles. The van der Waals surface area contributed by atoms with E-state index >= 15 is 0 Å². The van der Waals surface area contributed by atoms with Crippen molar-refractivity contribution < 1.29 is 26.2 Å². The lowest BCUT2D eigenvalue weighted by atomic mass is 10.2. The predicted octanol–water partition coefficient (Wildman–Crippen LogP) is 0.671. The maximum absolute atomic E-state index is 13.2. The molecular formula is C10H11F2NO4S. The molecule has 100 valence electrons. The Labute approximate surface area is 103 Å². The summed E-state index contributed by atoms with van der Waals surface area (Å²) in [4.78, 5) is 11.4. The number of nitrogens with one attached hydrogen (secondary N) is 1. The number of amides is 1. The molecule has 1 amide bonds. The smallest absolute Gasteiger partial charge is 0.264 e. The zero-order chi connectivity index (χ0) is 13.8. The highest BCUT2D eigenvalue weighted by molar-refractivity contribution is 7.85. The Balaban J connectivity index is 2.51. The summed E-state index contributed by atoms with van der Waals surface area (Å²) in [7, 11) is -3.58. The Morgan fingerprint density at radius 2 is 2.06 bits per heavy atom. The Kier molecular flexibility index (Phi) is 4.74. The van der Waals surface area contributed by atoms with Gasteiger partial charge < -0.3 is 5.32 Å². The van der Waals surface area contributed by atoms with E-state index in [9.17, 15) is 22.0 Å². The number of hydrogen-bond acceptors (Lipinski definition) is 4. The molecule has 5 nitrogen and oxygen atoms in total. The van der Waals surface area contributed by atoms with Crippen LogP contribution in [0.5, 0.6) is 0 Å². The van der Waals surface area contributed by atoms with E-state index in [1.54, 1.807) is 0 Å². The van der Waals surface area contributed by atoms with Crippen LogP contribution in [-0.2, 0) is 14.3 Å². The van der Waals surface area contributed by atoms with Crippen LogP contribution in [0.15, 0.2) is 18.2 Å². The molecule has 1 rings (SSSR count). The van der Waals surface area contributed by atoms with E-state index in [4.69, 9.17) is 0 Å². The van der Waals surface area contributed by atoms with Gasteiger partial charge in [0.15, 0.2) is 0 Å². The van der Waals surface area contributed by atoms with Gasteiger partial charge in [0, 0.05) is 12.6 Å². The Hall–Kier alpha value is -1.54. The lowest BCUT2D eigenvalue weighted by Gasteiger charge is -2.06. The molecule has 0 aromatic heterocycles. The van der Waals surface area contributed by atoms with Gasteiger partial charge in [-0.15, -0.1) is 0 Å². The third kappa shape index (κ3) is 4.76. The summed E-state index contributed by atoms with van der Waals surface area (Å²) in [6.07, 6.45) is 0.870. The first-order chi connectivity index (χ1) is 8.29. The molecule has 0 atom stereocenters. The van der Waals surface area contributed by atoms with Gasteiger partial charge in [-0.3, -0.25) is 8.98 Å². The molecule has 0 fully saturated rings. The van der Waals surface area contributed by atoms with E-state index in [-0.39, 0.29) is 18.7 Å². The highest BCUT2D eigenvalue weighted by Gasteiger charge is 2.12. The molecular weight excluding hydrogens is 268 g/mol. The van der Waals surface area contributed by atoms with Crippen molar-refractivity contribution in [3.05, 3.63) is 35.4 Å². The molecule has 0 unspecified atom stereocenters. The standard InChI is InChI=1S/C10H11F2NO4S/c1-18(15,16)17-5-4-13-10(14)8-3-2-7(11)6-9(8)12/h2-3,6H,4-5H2,1H3,(H,13,14). The van der Waals surface area contributed by atoms with Crippen molar-refractivity contribution in [3.8, 4) is 0 Å². The molecule has 1 N–H and O–H groups in total. The fourth-order valence-corrected chi connectivity index (χ4v) is 1.51. The first-order valence-electron chi connectivity index (χ1n) is 4.87. The van der Waals surface area contributed by atoms with E-state index in [1.807, 2.05) is 0 Å². The number of hydrogen-bond donors (Lipinski definition) is 1. The molecule has 1 aromatic carbocycles. The monoisotopic (exact) mass is 279 g/mol. The maximum Gasteiger partial charge on any atom is 0.264 e. The van der Waals surface area contributed by atoms with Crippen molar-refractivity contribution in [1.82, 2.24) is 5.32 Å². The maximum atomic E-state index is 13.2. The van der Waals surface area contributed by atoms with Gasteiger partial charge in [0.05, 0.1) is 18.4 Å². The summed E-state index contributed by atoms with van der Waals surface area (Å²) in [5.74, 6) is -2.55. The normalized spacial score (nSPS) is 11.3. The number of rotatable bonds is 5. The van der Waals surface area contributed by atoms with Crippen LogP contribution >= 0.6 is 0 Å². The first kappa shape index (κ1) is 14.5. The number of carbonyl (C=O) groups is 1. The van der Waals surface area contributed by atoms with Crippen molar-refractivity contribution in [2.75, 3.05) is 19.4 Å². The van der Waals surface area contributed by atoms with E-state index in [0.29, 0.717) is 6.07 Å². The SMILES string of the molecule is CS(=O)(=O)OCCNC(=O)c1ccc(F)cc1F. The molecule has 0 aliphatic heterocycles. The number of halogens is 2. The molecule has 0 radical (unpaired) electrons. The van der Waals surface area contributed by atoms with Crippen LogP contribution in [0.4, 0.5) is 8.78 Å². The van der Waals surface area contributed by atoms with Crippen LogP contribution < -0.4 is 5.32 Å². The summed E-state index contributed by atoms with van der Waals surface area (Å²) in [5.41, 5.74) is -0.323. The fourth-order valence-electron chi connectivity index (χ4n) is 1.13. The van der Waals surface area contributed by atoms with E-state index in [2.05, 4.69) is 9.50 Å².